The molecule has 0 N–H and O–H groups in total. The van der Waals surface area contributed by atoms with Crippen LogP contribution in [0.25, 0.3) is 11.1 Å². The maximum atomic E-state index is 2.70. The van der Waals surface area contributed by atoms with Crippen molar-refractivity contribution in [2.45, 2.75) is 37.8 Å². The first-order valence-electron chi connectivity index (χ1n) is 5.36. The number of anilines is 1. The van der Waals surface area contributed by atoms with Crippen LogP contribution in [0.3, 0.4) is 0 Å². The topological polar surface area (TPSA) is 3.24 Å². The molecule has 0 aliphatic heterocycles. The standard InChI is InChI=1S/C12H13N/c1-6-12(11-7-8(1)11)13(9-2-3-9)10-4-5-10/h1,6-7,9-10H,2-5H2. The van der Waals surface area contributed by atoms with Crippen molar-refractivity contribution >= 4 is 5.69 Å². The summed E-state index contributed by atoms with van der Waals surface area (Å²) in [5.74, 6) is 0. The molecule has 2 saturated carbocycles. The van der Waals surface area contributed by atoms with Gasteiger partial charge in [0.15, 0.2) is 0 Å². The molecule has 1 heteroatoms. The smallest absolute Gasteiger partial charge is 0.0451 e. The van der Waals surface area contributed by atoms with Gasteiger partial charge in [0.05, 0.1) is 0 Å². The van der Waals surface area contributed by atoms with E-state index in [1.807, 2.05) is 0 Å². The van der Waals surface area contributed by atoms with Crippen molar-refractivity contribution in [1.29, 1.82) is 0 Å². The van der Waals surface area contributed by atoms with Crippen LogP contribution in [0, 0.1) is 0 Å². The van der Waals surface area contributed by atoms with E-state index in [0.717, 1.165) is 12.1 Å². The Balaban J connectivity index is 1.72. The molecule has 4 aliphatic rings. The lowest BCUT2D eigenvalue weighted by molar-refractivity contribution is 0.792. The van der Waals surface area contributed by atoms with Crippen LogP contribution in [-0.4, -0.2) is 12.1 Å². The summed E-state index contributed by atoms with van der Waals surface area (Å²) in [4.78, 5) is 2.70. The minimum absolute atomic E-state index is 0.896. The summed E-state index contributed by atoms with van der Waals surface area (Å²) in [5.41, 5.74) is 4.57. The van der Waals surface area contributed by atoms with E-state index >= 15 is 0 Å². The first-order chi connectivity index (χ1) is 6.43. The third-order valence-electron chi connectivity index (χ3n) is 3.38. The van der Waals surface area contributed by atoms with Gasteiger partial charge in [-0.25, -0.2) is 0 Å². The predicted molar refractivity (Wildman–Crippen MR) is 54.0 cm³/mol. The lowest BCUT2D eigenvalue weighted by Gasteiger charge is -2.23. The van der Waals surface area contributed by atoms with Crippen LogP contribution < -0.4 is 4.90 Å². The Bertz CT molecular complexity index is 363. The van der Waals surface area contributed by atoms with Gasteiger partial charge in [0, 0.05) is 23.3 Å². The van der Waals surface area contributed by atoms with Crippen molar-refractivity contribution in [2.24, 2.45) is 0 Å². The molecular formula is C12H13N. The zero-order chi connectivity index (χ0) is 8.41. The molecule has 2 fully saturated rings. The summed E-state index contributed by atoms with van der Waals surface area (Å²) in [6.45, 7) is 0. The zero-order valence-electron chi connectivity index (χ0n) is 7.66. The van der Waals surface area contributed by atoms with Gasteiger partial charge in [0.2, 0.25) is 0 Å². The molecule has 0 unspecified atom stereocenters. The predicted octanol–water partition coefficient (Wildman–Crippen LogP) is 2.80. The van der Waals surface area contributed by atoms with E-state index < -0.39 is 0 Å². The fourth-order valence-corrected chi connectivity index (χ4v) is 2.36. The van der Waals surface area contributed by atoms with Gasteiger partial charge in [0.1, 0.15) is 0 Å². The highest BCUT2D eigenvalue weighted by molar-refractivity contribution is 5.94. The van der Waals surface area contributed by atoms with Gasteiger partial charge in [-0.1, -0.05) is 6.07 Å². The fraction of sp³-hybridized carbons (Fsp3) is 0.500. The second kappa shape index (κ2) is 1.92. The normalized spacial score (nSPS) is 23.1. The van der Waals surface area contributed by atoms with Crippen molar-refractivity contribution < 1.29 is 0 Å². The second-order valence-electron chi connectivity index (χ2n) is 4.60. The summed E-state index contributed by atoms with van der Waals surface area (Å²) in [6.07, 6.45) is 5.71. The Hall–Kier alpha value is -0.980. The van der Waals surface area contributed by atoms with E-state index in [-0.39, 0.29) is 0 Å². The van der Waals surface area contributed by atoms with Crippen LogP contribution in [0.4, 0.5) is 5.69 Å². The largest absolute Gasteiger partial charge is 0.365 e. The first kappa shape index (κ1) is 6.47. The van der Waals surface area contributed by atoms with Gasteiger partial charge < -0.3 is 4.90 Å². The molecule has 0 atom stereocenters. The molecule has 4 aliphatic carbocycles. The quantitative estimate of drug-likeness (QED) is 0.686. The lowest BCUT2D eigenvalue weighted by Crippen LogP contribution is -2.27. The molecule has 0 aromatic rings. The van der Waals surface area contributed by atoms with Crippen molar-refractivity contribution in [3.63, 3.8) is 0 Å². The highest BCUT2D eigenvalue weighted by atomic mass is 15.2. The van der Waals surface area contributed by atoms with E-state index in [1.165, 1.54) is 31.2 Å². The van der Waals surface area contributed by atoms with Gasteiger partial charge in [-0.3, -0.25) is 0 Å². The highest BCUT2D eigenvalue weighted by Gasteiger charge is 2.41. The number of rotatable bonds is 3. The maximum absolute atomic E-state index is 2.70. The average molecular weight is 171 g/mol. The van der Waals surface area contributed by atoms with Crippen molar-refractivity contribution in [3.05, 3.63) is 18.2 Å². The Labute approximate surface area is 78.4 Å². The number of nitrogens with zero attached hydrogens (tertiary/aromatic N) is 1. The molecule has 1 nitrogen and oxygen atoms in total. The molecule has 66 valence electrons. The maximum Gasteiger partial charge on any atom is 0.0451 e. The molecule has 0 saturated heterocycles. The SMILES string of the molecule is c1cc(N(C2CC2)C2CC2)c2cc1-2. The molecule has 0 heterocycles. The summed E-state index contributed by atoms with van der Waals surface area (Å²) in [7, 11) is 0. The van der Waals surface area contributed by atoms with E-state index in [9.17, 15) is 0 Å². The van der Waals surface area contributed by atoms with Crippen molar-refractivity contribution in [3.8, 4) is 11.1 Å². The van der Waals surface area contributed by atoms with E-state index in [4.69, 9.17) is 0 Å². The fourth-order valence-electron chi connectivity index (χ4n) is 2.36. The van der Waals surface area contributed by atoms with Crippen LogP contribution in [0.5, 0.6) is 0 Å². The summed E-state index contributed by atoms with van der Waals surface area (Å²) < 4.78 is 0. The van der Waals surface area contributed by atoms with E-state index in [1.54, 1.807) is 11.3 Å². The minimum atomic E-state index is 0.896. The van der Waals surface area contributed by atoms with Gasteiger partial charge in [-0.05, 0) is 43.4 Å². The Morgan fingerprint density at radius 3 is 2.08 bits per heavy atom. The average Bonchev–Trinajstić information content (AvgIpc) is 2.96. The molecule has 0 radical (unpaired) electrons. The third-order valence-corrected chi connectivity index (χ3v) is 3.38. The molecule has 13 heavy (non-hydrogen) atoms. The summed E-state index contributed by atoms with van der Waals surface area (Å²) in [6, 6.07) is 8.69. The highest BCUT2D eigenvalue weighted by Crippen LogP contribution is 2.50. The molecule has 0 amide bonds. The van der Waals surface area contributed by atoms with Crippen LogP contribution >= 0.6 is 0 Å². The van der Waals surface area contributed by atoms with E-state index in [0.29, 0.717) is 0 Å². The number of fused-ring (bicyclic) bond motifs is 1. The molecule has 0 spiro atoms. The van der Waals surface area contributed by atoms with Crippen LogP contribution in [0.2, 0.25) is 0 Å². The van der Waals surface area contributed by atoms with Crippen molar-refractivity contribution in [1.82, 2.24) is 0 Å². The third kappa shape index (κ3) is 0.874. The molecule has 4 rings (SSSR count). The monoisotopic (exact) mass is 171 g/mol. The minimum Gasteiger partial charge on any atom is -0.365 e. The van der Waals surface area contributed by atoms with Crippen LogP contribution in [0.15, 0.2) is 18.2 Å². The number of hydrogen-bond acceptors (Lipinski definition) is 1. The van der Waals surface area contributed by atoms with Crippen LogP contribution in [-0.2, 0) is 0 Å². The summed E-state index contributed by atoms with van der Waals surface area (Å²) in [5, 5.41) is 0. The summed E-state index contributed by atoms with van der Waals surface area (Å²) >= 11 is 0. The van der Waals surface area contributed by atoms with Gasteiger partial charge in [-0.2, -0.15) is 0 Å². The second-order valence-corrected chi connectivity index (χ2v) is 4.60. The van der Waals surface area contributed by atoms with E-state index in [2.05, 4.69) is 23.1 Å². The number of benzene rings is 1. The molecular weight excluding hydrogens is 158 g/mol. The molecule has 0 bridgehead atoms. The zero-order valence-corrected chi connectivity index (χ0v) is 7.66. The molecule has 0 aromatic heterocycles. The van der Waals surface area contributed by atoms with Gasteiger partial charge in [0.25, 0.3) is 0 Å². The Morgan fingerprint density at radius 1 is 1.00 bits per heavy atom. The lowest BCUT2D eigenvalue weighted by atomic mass is 10.3. The first-order valence-corrected chi connectivity index (χ1v) is 5.36. The van der Waals surface area contributed by atoms with Gasteiger partial charge in [-0.15, -0.1) is 0 Å². The van der Waals surface area contributed by atoms with Crippen molar-refractivity contribution in [2.75, 3.05) is 4.90 Å². The van der Waals surface area contributed by atoms with Gasteiger partial charge >= 0.3 is 0 Å². The number of hydrogen-bond donors (Lipinski definition) is 0. The molecule has 0 aromatic carbocycles. The Morgan fingerprint density at radius 2 is 1.69 bits per heavy atom. The Kier molecular flexibility index (Phi) is 0.954. The van der Waals surface area contributed by atoms with Crippen LogP contribution in [0.1, 0.15) is 25.7 Å².